The average molecular weight is 400 g/mol. The Hall–Kier alpha value is -3.26. The summed E-state index contributed by atoms with van der Waals surface area (Å²) in [5.41, 5.74) is 3.33. The summed E-state index contributed by atoms with van der Waals surface area (Å²) in [4.78, 5) is 25.0. The van der Waals surface area contributed by atoms with Crippen LogP contribution in [0.25, 0.3) is 11.4 Å². The van der Waals surface area contributed by atoms with Crippen molar-refractivity contribution < 1.29 is 14.3 Å². The summed E-state index contributed by atoms with van der Waals surface area (Å²) in [6.45, 7) is 3.18. The van der Waals surface area contributed by atoms with Crippen molar-refractivity contribution in [1.29, 1.82) is 0 Å². The second-order valence-electron chi connectivity index (χ2n) is 6.20. The van der Waals surface area contributed by atoms with Crippen LogP contribution in [0.1, 0.15) is 11.1 Å². The van der Waals surface area contributed by atoms with E-state index in [-0.39, 0.29) is 6.54 Å². The van der Waals surface area contributed by atoms with Crippen molar-refractivity contribution in [3.05, 3.63) is 58.6 Å². The van der Waals surface area contributed by atoms with Crippen molar-refractivity contribution in [1.82, 2.24) is 20.2 Å². The van der Waals surface area contributed by atoms with E-state index in [1.165, 1.54) is 0 Å². The summed E-state index contributed by atoms with van der Waals surface area (Å²) >= 11 is 6.06. The average Bonchev–Trinajstić information content (AvgIpc) is 3.11. The molecule has 0 spiro atoms. The lowest BCUT2D eigenvalue weighted by molar-refractivity contribution is -0.148. The van der Waals surface area contributed by atoms with Crippen molar-refractivity contribution >= 4 is 29.2 Å². The van der Waals surface area contributed by atoms with Gasteiger partial charge in [0.05, 0.1) is 10.7 Å². The van der Waals surface area contributed by atoms with Gasteiger partial charge in [0.2, 0.25) is 5.82 Å². The second-order valence-corrected chi connectivity index (χ2v) is 6.61. The zero-order valence-corrected chi connectivity index (χ0v) is 16.1. The molecule has 0 bridgehead atoms. The van der Waals surface area contributed by atoms with Crippen LogP contribution in [-0.2, 0) is 20.9 Å². The van der Waals surface area contributed by atoms with Crippen molar-refractivity contribution in [2.75, 3.05) is 11.9 Å². The fourth-order valence-electron chi connectivity index (χ4n) is 2.34. The molecule has 8 nitrogen and oxygen atoms in total. The number of hydrogen-bond donors (Lipinski definition) is 1. The Kier molecular flexibility index (Phi) is 6.00. The van der Waals surface area contributed by atoms with Crippen molar-refractivity contribution in [2.45, 2.75) is 20.4 Å². The molecule has 1 N–H and O–H groups in total. The van der Waals surface area contributed by atoms with Gasteiger partial charge in [0.1, 0.15) is 0 Å². The van der Waals surface area contributed by atoms with Gasteiger partial charge in [0.25, 0.3) is 5.91 Å². The molecule has 3 rings (SSSR count). The zero-order valence-electron chi connectivity index (χ0n) is 15.3. The summed E-state index contributed by atoms with van der Waals surface area (Å²) < 4.78 is 4.95. The number of tetrazole rings is 1. The molecule has 0 aliphatic heterocycles. The smallest absolute Gasteiger partial charge is 0.330 e. The van der Waals surface area contributed by atoms with E-state index in [0.717, 1.165) is 21.5 Å². The van der Waals surface area contributed by atoms with Crippen molar-refractivity contribution in [3.63, 3.8) is 0 Å². The first kappa shape index (κ1) is 19.5. The number of ether oxygens (including phenoxy) is 1. The van der Waals surface area contributed by atoms with E-state index in [2.05, 4.69) is 20.7 Å². The first-order valence-electron chi connectivity index (χ1n) is 8.47. The molecule has 0 aliphatic rings. The largest absolute Gasteiger partial charge is 0.454 e. The van der Waals surface area contributed by atoms with Crippen LogP contribution in [0.4, 0.5) is 5.69 Å². The number of hydrogen-bond acceptors (Lipinski definition) is 6. The van der Waals surface area contributed by atoms with Crippen LogP contribution in [0.15, 0.2) is 42.5 Å². The van der Waals surface area contributed by atoms with Gasteiger partial charge in [0.15, 0.2) is 13.2 Å². The standard InChI is InChI=1S/C19H18ClN5O3/c1-12-3-6-14(7-4-12)19-22-24-25(23-19)10-18(27)28-11-17(26)21-16-8-5-13(2)9-15(16)20/h3-9H,10-11H2,1-2H3,(H,21,26). The minimum Gasteiger partial charge on any atom is -0.454 e. The molecular weight excluding hydrogens is 382 g/mol. The number of aromatic nitrogens is 4. The van der Waals surface area contributed by atoms with Gasteiger partial charge in [-0.25, -0.2) is 4.79 Å². The Morgan fingerprint density at radius 2 is 1.82 bits per heavy atom. The van der Waals surface area contributed by atoms with Gasteiger partial charge in [-0.3, -0.25) is 4.79 Å². The monoisotopic (exact) mass is 399 g/mol. The van der Waals surface area contributed by atoms with E-state index in [4.69, 9.17) is 16.3 Å². The lowest BCUT2D eigenvalue weighted by Crippen LogP contribution is -2.23. The number of nitrogens with zero attached hydrogens (tertiary/aromatic N) is 4. The third kappa shape index (κ3) is 5.14. The Bertz CT molecular complexity index is 1000. The highest BCUT2D eigenvalue weighted by Crippen LogP contribution is 2.22. The normalized spacial score (nSPS) is 10.5. The van der Waals surface area contributed by atoms with Gasteiger partial charge in [-0.15, -0.1) is 10.2 Å². The fourth-order valence-corrected chi connectivity index (χ4v) is 2.63. The first-order valence-corrected chi connectivity index (χ1v) is 8.85. The molecule has 0 saturated carbocycles. The summed E-state index contributed by atoms with van der Waals surface area (Å²) in [7, 11) is 0. The molecule has 144 valence electrons. The number of aryl methyl sites for hydroxylation is 2. The number of benzene rings is 2. The molecule has 1 heterocycles. The number of nitrogens with one attached hydrogen (secondary N) is 1. The molecule has 1 aromatic heterocycles. The van der Waals surface area contributed by atoms with Gasteiger partial charge >= 0.3 is 5.97 Å². The zero-order chi connectivity index (χ0) is 20.1. The maximum Gasteiger partial charge on any atom is 0.330 e. The molecule has 9 heteroatoms. The van der Waals surface area contributed by atoms with Gasteiger partial charge in [0, 0.05) is 5.56 Å². The Morgan fingerprint density at radius 3 is 2.54 bits per heavy atom. The molecule has 0 aliphatic carbocycles. The summed E-state index contributed by atoms with van der Waals surface area (Å²) in [6.07, 6.45) is 0. The van der Waals surface area contributed by atoms with E-state index >= 15 is 0 Å². The number of amides is 1. The number of esters is 1. The van der Waals surface area contributed by atoms with E-state index < -0.39 is 18.5 Å². The molecule has 0 fully saturated rings. The molecule has 0 radical (unpaired) electrons. The highest BCUT2D eigenvalue weighted by Gasteiger charge is 2.13. The lowest BCUT2D eigenvalue weighted by Gasteiger charge is -2.08. The van der Waals surface area contributed by atoms with Crippen LogP contribution in [-0.4, -0.2) is 38.7 Å². The predicted molar refractivity (Wildman–Crippen MR) is 104 cm³/mol. The number of halogens is 1. The highest BCUT2D eigenvalue weighted by molar-refractivity contribution is 6.33. The molecule has 1 amide bonds. The van der Waals surface area contributed by atoms with E-state index in [0.29, 0.717) is 16.5 Å². The maximum absolute atomic E-state index is 11.9. The quantitative estimate of drug-likeness (QED) is 0.640. The Balaban J connectivity index is 1.50. The van der Waals surface area contributed by atoms with Crippen molar-refractivity contribution in [3.8, 4) is 11.4 Å². The number of carbonyl (C=O) groups is 2. The summed E-state index contributed by atoms with van der Waals surface area (Å²) in [5, 5.41) is 14.9. The predicted octanol–water partition coefficient (Wildman–Crippen LogP) is 2.79. The topological polar surface area (TPSA) is 99.0 Å². The highest BCUT2D eigenvalue weighted by atomic mass is 35.5. The van der Waals surface area contributed by atoms with Gasteiger partial charge < -0.3 is 10.1 Å². The Morgan fingerprint density at radius 1 is 1.11 bits per heavy atom. The number of carbonyl (C=O) groups excluding carboxylic acids is 2. The first-order chi connectivity index (χ1) is 13.4. The number of anilines is 1. The van der Waals surface area contributed by atoms with Gasteiger partial charge in [-0.2, -0.15) is 4.80 Å². The number of rotatable bonds is 6. The molecule has 0 saturated heterocycles. The molecule has 3 aromatic rings. The van der Waals surface area contributed by atoms with Crippen LogP contribution in [0.3, 0.4) is 0 Å². The minimum atomic E-state index is -0.655. The van der Waals surface area contributed by atoms with Crippen LogP contribution < -0.4 is 5.32 Å². The third-order valence-corrected chi connectivity index (χ3v) is 4.11. The lowest BCUT2D eigenvalue weighted by atomic mass is 10.1. The summed E-state index contributed by atoms with van der Waals surface area (Å²) in [6, 6.07) is 12.8. The van der Waals surface area contributed by atoms with Gasteiger partial charge in [-0.05, 0) is 36.8 Å². The Labute approximate surface area is 166 Å². The van der Waals surface area contributed by atoms with E-state index in [9.17, 15) is 9.59 Å². The minimum absolute atomic E-state index is 0.253. The van der Waals surface area contributed by atoms with E-state index in [1.807, 2.05) is 44.2 Å². The molecule has 2 aromatic carbocycles. The van der Waals surface area contributed by atoms with Gasteiger partial charge in [-0.1, -0.05) is 47.5 Å². The van der Waals surface area contributed by atoms with E-state index in [1.54, 1.807) is 12.1 Å². The van der Waals surface area contributed by atoms with Crippen molar-refractivity contribution in [2.24, 2.45) is 0 Å². The SMILES string of the molecule is Cc1ccc(-c2nnn(CC(=O)OCC(=O)Nc3ccc(C)cc3Cl)n2)cc1. The molecule has 0 unspecified atom stereocenters. The van der Waals surface area contributed by atoms with Crippen LogP contribution in [0, 0.1) is 13.8 Å². The third-order valence-electron chi connectivity index (χ3n) is 3.80. The molecule has 0 atom stereocenters. The maximum atomic E-state index is 11.9. The molecular formula is C19H18ClN5O3. The second kappa shape index (κ2) is 8.62. The van der Waals surface area contributed by atoms with Crippen LogP contribution >= 0.6 is 11.6 Å². The fraction of sp³-hybridized carbons (Fsp3) is 0.211. The summed E-state index contributed by atoms with van der Waals surface area (Å²) in [5.74, 6) is -0.747. The van der Waals surface area contributed by atoms with Crippen LogP contribution in [0.2, 0.25) is 5.02 Å². The molecule has 28 heavy (non-hydrogen) atoms. The van der Waals surface area contributed by atoms with Crippen LogP contribution in [0.5, 0.6) is 0 Å².